The van der Waals surface area contributed by atoms with Crippen LogP contribution in [0.1, 0.15) is 25.2 Å². The number of thioether (sulfide) groups is 1. The lowest BCUT2D eigenvalue weighted by molar-refractivity contribution is -0.137. The second kappa shape index (κ2) is 7.96. The number of morpholine rings is 1. The number of furan rings is 1. The van der Waals surface area contributed by atoms with Crippen LogP contribution in [-0.4, -0.2) is 41.3 Å². The van der Waals surface area contributed by atoms with Crippen LogP contribution >= 0.6 is 11.8 Å². The first kappa shape index (κ1) is 20.7. The van der Waals surface area contributed by atoms with Gasteiger partial charge in [0.25, 0.3) is 5.91 Å². The molecule has 0 radical (unpaired) electrons. The minimum atomic E-state index is -4.43. The van der Waals surface area contributed by atoms with Gasteiger partial charge >= 0.3 is 6.18 Å². The van der Waals surface area contributed by atoms with Crippen molar-refractivity contribution in [1.82, 2.24) is 4.90 Å². The zero-order valence-electron chi connectivity index (χ0n) is 16.3. The van der Waals surface area contributed by atoms with E-state index >= 15 is 0 Å². The van der Waals surface area contributed by atoms with Gasteiger partial charge in [0.05, 0.1) is 22.7 Å². The van der Waals surface area contributed by atoms with Gasteiger partial charge in [-0.3, -0.25) is 4.79 Å². The van der Waals surface area contributed by atoms with Crippen LogP contribution in [-0.2, 0) is 15.7 Å². The van der Waals surface area contributed by atoms with Crippen molar-refractivity contribution < 1.29 is 27.1 Å². The van der Waals surface area contributed by atoms with Gasteiger partial charge in [0.15, 0.2) is 5.17 Å². The van der Waals surface area contributed by atoms with Gasteiger partial charge in [-0.15, -0.1) is 0 Å². The Morgan fingerprint density at radius 3 is 2.60 bits per heavy atom. The third kappa shape index (κ3) is 4.46. The number of nitrogens with zero attached hydrogens (tertiary/aromatic N) is 2. The number of alkyl halides is 3. The minimum absolute atomic E-state index is 0.0419. The summed E-state index contributed by atoms with van der Waals surface area (Å²) in [7, 11) is 0. The van der Waals surface area contributed by atoms with E-state index in [1.165, 1.54) is 17.8 Å². The lowest BCUT2D eigenvalue weighted by Gasteiger charge is -2.35. The molecule has 158 valence electrons. The van der Waals surface area contributed by atoms with E-state index in [0.29, 0.717) is 40.2 Å². The highest BCUT2D eigenvalue weighted by Crippen LogP contribution is 2.35. The first-order valence-corrected chi connectivity index (χ1v) is 10.2. The Morgan fingerprint density at radius 1 is 1.17 bits per heavy atom. The fourth-order valence-corrected chi connectivity index (χ4v) is 4.34. The molecule has 2 atom stereocenters. The van der Waals surface area contributed by atoms with Gasteiger partial charge in [-0.25, -0.2) is 0 Å². The van der Waals surface area contributed by atoms with E-state index in [1.54, 1.807) is 24.3 Å². The fraction of sp³-hybridized carbons (Fsp3) is 0.333. The van der Waals surface area contributed by atoms with Crippen molar-refractivity contribution >= 4 is 28.9 Å². The van der Waals surface area contributed by atoms with Gasteiger partial charge in [-0.05, 0) is 49.9 Å². The molecule has 0 spiro atoms. The molecule has 1 aromatic heterocycles. The van der Waals surface area contributed by atoms with Crippen LogP contribution in [0.25, 0.3) is 17.4 Å². The second-order valence-corrected chi connectivity index (χ2v) is 8.26. The van der Waals surface area contributed by atoms with Crippen LogP contribution in [0.15, 0.2) is 50.7 Å². The molecule has 2 aliphatic rings. The largest absolute Gasteiger partial charge is 0.457 e. The van der Waals surface area contributed by atoms with E-state index in [1.807, 2.05) is 18.7 Å². The smallest absolute Gasteiger partial charge is 0.416 e. The van der Waals surface area contributed by atoms with Crippen LogP contribution in [0.4, 0.5) is 13.2 Å². The van der Waals surface area contributed by atoms with E-state index in [9.17, 15) is 18.0 Å². The van der Waals surface area contributed by atoms with Crippen molar-refractivity contribution in [2.24, 2.45) is 4.99 Å². The Morgan fingerprint density at radius 2 is 1.90 bits per heavy atom. The number of rotatable bonds is 2. The van der Waals surface area contributed by atoms with Crippen molar-refractivity contribution in [1.29, 1.82) is 0 Å². The summed E-state index contributed by atoms with van der Waals surface area (Å²) in [6.07, 6.45) is -2.78. The molecule has 0 bridgehead atoms. The van der Waals surface area contributed by atoms with Gasteiger partial charge in [0.1, 0.15) is 11.5 Å². The van der Waals surface area contributed by atoms with E-state index < -0.39 is 11.7 Å². The Balaban J connectivity index is 1.51. The Labute approximate surface area is 175 Å². The summed E-state index contributed by atoms with van der Waals surface area (Å²) in [5.74, 6) is 0.303. The first-order valence-electron chi connectivity index (χ1n) is 9.39. The SMILES string of the molecule is C[C@@H]1CN(C2=NC(=O)/C(=C/c3ccc(-c4cccc(C(F)(F)F)c4)o3)S2)C[C@H](C)O1. The molecule has 9 heteroatoms. The molecular weight excluding hydrogens is 417 g/mol. The van der Waals surface area contributed by atoms with Crippen molar-refractivity contribution in [3.63, 3.8) is 0 Å². The highest BCUT2D eigenvalue weighted by atomic mass is 32.2. The van der Waals surface area contributed by atoms with Gasteiger partial charge in [0, 0.05) is 24.7 Å². The lowest BCUT2D eigenvalue weighted by Crippen LogP contribution is -2.47. The third-order valence-electron chi connectivity index (χ3n) is 4.67. The Kier molecular flexibility index (Phi) is 5.50. The summed E-state index contributed by atoms with van der Waals surface area (Å²) >= 11 is 1.26. The van der Waals surface area contributed by atoms with Crippen LogP contribution in [0, 0.1) is 0 Å². The summed E-state index contributed by atoms with van der Waals surface area (Å²) in [6.45, 7) is 5.24. The van der Waals surface area contributed by atoms with Crippen LogP contribution in [0.3, 0.4) is 0 Å². The molecule has 0 N–H and O–H groups in total. The maximum Gasteiger partial charge on any atom is 0.416 e. The van der Waals surface area contributed by atoms with Gasteiger partial charge < -0.3 is 14.1 Å². The standard InChI is InChI=1S/C21H19F3N2O3S/c1-12-10-26(11-13(2)28-12)20-25-19(27)18(30-20)9-16-6-7-17(29-16)14-4-3-5-15(8-14)21(22,23)24/h3-9,12-13H,10-11H2,1-2H3/b18-9-/t12-,13+. The van der Waals surface area contributed by atoms with Crippen LogP contribution < -0.4 is 0 Å². The molecule has 2 aromatic rings. The van der Waals surface area contributed by atoms with Crippen LogP contribution in [0.2, 0.25) is 0 Å². The van der Waals surface area contributed by atoms with E-state index in [4.69, 9.17) is 9.15 Å². The lowest BCUT2D eigenvalue weighted by atomic mass is 10.1. The number of amides is 1. The predicted octanol–water partition coefficient (Wildman–Crippen LogP) is 5.04. The third-order valence-corrected chi connectivity index (χ3v) is 5.72. The topological polar surface area (TPSA) is 55.0 Å². The monoisotopic (exact) mass is 436 g/mol. The summed E-state index contributed by atoms with van der Waals surface area (Å²) in [5, 5.41) is 0.623. The van der Waals surface area contributed by atoms with Crippen molar-refractivity contribution in [3.8, 4) is 11.3 Å². The zero-order chi connectivity index (χ0) is 21.5. The molecular formula is C21H19F3N2O3S. The average Bonchev–Trinajstić information content (AvgIpc) is 3.28. The van der Waals surface area contributed by atoms with E-state index in [2.05, 4.69) is 4.99 Å². The van der Waals surface area contributed by atoms with Crippen molar-refractivity contribution in [2.75, 3.05) is 13.1 Å². The van der Waals surface area contributed by atoms with E-state index in [0.717, 1.165) is 12.1 Å². The number of carbonyl (C=O) groups excluding carboxylic acids is 1. The number of benzene rings is 1. The summed E-state index contributed by atoms with van der Waals surface area (Å²) in [6, 6.07) is 8.12. The molecule has 2 aliphatic heterocycles. The number of ether oxygens (including phenoxy) is 1. The number of carbonyl (C=O) groups is 1. The molecule has 0 saturated carbocycles. The highest BCUT2D eigenvalue weighted by molar-refractivity contribution is 8.18. The van der Waals surface area contributed by atoms with Gasteiger partial charge in [-0.2, -0.15) is 18.2 Å². The molecule has 5 nitrogen and oxygen atoms in total. The predicted molar refractivity (Wildman–Crippen MR) is 109 cm³/mol. The van der Waals surface area contributed by atoms with Crippen molar-refractivity contribution in [2.45, 2.75) is 32.2 Å². The second-order valence-electron chi connectivity index (χ2n) is 7.25. The maximum atomic E-state index is 12.9. The minimum Gasteiger partial charge on any atom is -0.457 e. The number of halogens is 3. The van der Waals surface area contributed by atoms with Gasteiger partial charge in [0.2, 0.25) is 0 Å². The molecule has 1 aromatic carbocycles. The molecule has 0 aliphatic carbocycles. The molecule has 1 saturated heterocycles. The Bertz CT molecular complexity index is 1020. The zero-order valence-corrected chi connectivity index (χ0v) is 17.1. The summed E-state index contributed by atoms with van der Waals surface area (Å²) in [4.78, 5) is 18.9. The summed E-state index contributed by atoms with van der Waals surface area (Å²) in [5.41, 5.74) is -0.432. The van der Waals surface area contributed by atoms with Crippen molar-refractivity contribution in [3.05, 3.63) is 52.6 Å². The summed E-state index contributed by atoms with van der Waals surface area (Å²) < 4.78 is 50.2. The molecule has 4 rings (SSSR count). The quantitative estimate of drug-likeness (QED) is 0.617. The normalized spacial score (nSPS) is 23.9. The van der Waals surface area contributed by atoms with E-state index in [-0.39, 0.29) is 18.1 Å². The number of hydrogen-bond donors (Lipinski definition) is 0. The molecule has 0 unspecified atom stereocenters. The fourth-order valence-electron chi connectivity index (χ4n) is 3.43. The molecule has 30 heavy (non-hydrogen) atoms. The average molecular weight is 436 g/mol. The molecule has 3 heterocycles. The number of hydrogen-bond acceptors (Lipinski definition) is 5. The Hall–Kier alpha value is -2.52. The highest BCUT2D eigenvalue weighted by Gasteiger charge is 2.32. The first-order chi connectivity index (χ1) is 14.2. The number of amidine groups is 1. The number of aliphatic imine (C=N–C) groups is 1. The molecule has 1 fully saturated rings. The van der Waals surface area contributed by atoms with Crippen LogP contribution in [0.5, 0.6) is 0 Å². The maximum absolute atomic E-state index is 12.9. The molecule has 1 amide bonds. The van der Waals surface area contributed by atoms with Gasteiger partial charge in [-0.1, -0.05) is 12.1 Å².